The number of hydrogen-bond donors (Lipinski definition) is 1. The lowest BCUT2D eigenvalue weighted by molar-refractivity contribution is -0.115. The van der Waals surface area contributed by atoms with E-state index in [2.05, 4.69) is 10.3 Å². The fourth-order valence-electron chi connectivity index (χ4n) is 2.29. The molecule has 128 valence electrons. The maximum Gasteiger partial charge on any atom is 0.264 e. The van der Waals surface area contributed by atoms with Gasteiger partial charge in [-0.15, -0.1) is 4.99 Å². The van der Waals surface area contributed by atoms with Gasteiger partial charge in [0.2, 0.25) is 6.19 Å². The van der Waals surface area contributed by atoms with Crippen molar-refractivity contribution in [3.8, 4) is 11.9 Å². The molecule has 0 atom stereocenters. The molecule has 6 heteroatoms. The lowest BCUT2D eigenvalue weighted by Gasteiger charge is -2.00. The molecule has 1 aliphatic rings. The van der Waals surface area contributed by atoms with Crippen LogP contribution in [0.2, 0.25) is 0 Å². The summed E-state index contributed by atoms with van der Waals surface area (Å²) in [6, 6.07) is 15.7. The molecule has 2 aromatic carbocycles. The molecule has 5 nitrogen and oxygen atoms in total. The van der Waals surface area contributed by atoms with E-state index in [1.165, 1.54) is 0 Å². The molecular weight excluding hydrogens is 346 g/mol. The number of benzene rings is 2. The van der Waals surface area contributed by atoms with Crippen LogP contribution in [-0.4, -0.2) is 18.2 Å². The molecule has 2 aromatic rings. The minimum atomic E-state index is -0.243. The zero-order chi connectivity index (χ0) is 18.4. The average Bonchev–Trinajstić information content (AvgIpc) is 3.01. The molecule has 1 fully saturated rings. The Kier molecular flexibility index (Phi) is 5.52. The van der Waals surface area contributed by atoms with Crippen LogP contribution in [0.3, 0.4) is 0 Å². The van der Waals surface area contributed by atoms with Crippen molar-refractivity contribution in [2.75, 3.05) is 7.11 Å². The molecule has 1 aliphatic heterocycles. The quantitative estimate of drug-likeness (QED) is 0.509. The molecule has 0 spiro atoms. The molecule has 0 unspecified atom stereocenters. The van der Waals surface area contributed by atoms with Crippen molar-refractivity contribution in [2.45, 2.75) is 0 Å². The molecule has 0 aromatic heterocycles. The Bertz CT molecular complexity index is 937. The maximum atomic E-state index is 11.8. The molecular formula is C20H15N3O2S. The van der Waals surface area contributed by atoms with Gasteiger partial charge in [-0.3, -0.25) is 10.1 Å². The van der Waals surface area contributed by atoms with E-state index in [0.29, 0.717) is 10.1 Å². The topological polar surface area (TPSA) is 74.5 Å². The van der Waals surface area contributed by atoms with Gasteiger partial charge < -0.3 is 4.74 Å². The molecule has 26 heavy (non-hydrogen) atoms. The van der Waals surface area contributed by atoms with Crippen molar-refractivity contribution in [1.82, 2.24) is 5.32 Å². The van der Waals surface area contributed by atoms with Crippen LogP contribution < -0.4 is 10.1 Å². The second-order valence-corrected chi connectivity index (χ2v) is 6.39. The number of nitrogens with zero attached hydrogens (tertiary/aromatic N) is 2. The number of aliphatic imine (C=N–C) groups is 1. The van der Waals surface area contributed by atoms with E-state index in [1.54, 1.807) is 19.4 Å². The van der Waals surface area contributed by atoms with Gasteiger partial charge in [0.1, 0.15) is 5.75 Å². The Morgan fingerprint density at radius 3 is 2.19 bits per heavy atom. The normalized spacial score (nSPS) is 16.8. The number of thioether (sulfide) groups is 1. The standard InChI is InChI=1S/C20H15N3O2S/c1-25-17-10-8-15(9-11-17)3-2-14-4-6-16(7-5-14)12-18-19(24)23-20(26-18)22-13-21/h2-12H,1H3,(H,22,23,24)/b3-2?,18-12+. The number of amidine groups is 1. The lowest BCUT2D eigenvalue weighted by Crippen LogP contribution is -2.19. The van der Waals surface area contributed by atoms with Crippen LogP contribution in [0.15, 0.2) is 58.4 Å². The van der Waals surface area contributed by atoms with Gasteiger partial charge in [-0.05, 0) is 46.7 Å². The third-order valence-corrected chi connectivity index (χ3v) is 4.53. The smallest absolute Gasteiger partial charge is 0.264 e. The predicted molar refractivity (Wildman–Crippen MR) is 105 cm³/mol. The fraction of sp³-hybridized carbons (Fsp3) is 0.0500. The van der Waals surface area contributed by atoms with E-state index in [4.69, 9.17) is 10.00 Å². The third kappa shape index (κ3) is 4.41. The van der Waals surface area contributed by atoms with Crippen molar-refractivity contribution in [1.29, 1.82) is 5.26 Å². The van der Waals surface area contributed by atoms with Crippen LogP contribution in [0, 0.1) is 11.5 Å². The monoisotopic (exact) mass is 361 g/mol. The molecule has 3 rings (SSSR count). The fourth-order valence-corrected chi connectivity index (χ4v) is 3.07. The van der Waals surface area contributed by atoms with Crippen LogP contribution in [0.5, 0.6) is 5.75 Å². The third-order valence-electron chi connectivity index (χ3n) is 3.62. The van der Waals surface area contributed by atoms with Crippen molar-refractivity contribution < 1.29 is 9.53 Å². The van der Waals surface area contributed by atoms with Gasteiger partial charge in [0.05, 0.1) is 12.0 Å². The van der Waals surface area contributed by atoms with Crippen LogP contribution in [0.1, 0.15) is 16.7 Å². The highest BCUT2D eigenvalue weighted by molar-refractivity contribution is 8.18. The SMILES string of the molecule is COc1ccc(C=Cc2ccc(/C=C3/SC(=NC#N)NC3=O)cc2)cc1. The number of nitriles is 1. The first-order valence-electron chi connectivity index (χ1n) is 7.78. The zero-order valence-corrected chi connectivity index (χ0v) is 14.8. The summed E-state index contributed by atoms with van der Waals surface area (Å²) >= 11 is 1.16. The molecule has 1 heterocycles. The van der Waals surface area contributed by atoms with Crippen molar-refractivity contribution in [2.24, 2.45) is 4.99 Å². The molecule has 1 N–H and O–H groups in total. The first kappa shape index (κ1) is 17.5. The van der Waals surface area contributed by atoms with Crippen LogP contribution in [0.4, 0.5) is 0 Å². The number of rotatable bonds is 4. The maximum absolute atomic E-state index is 11.8. The van der Waals surface area contributed by atoms with E-state index in [0.717, 1.165) is 34.2 Å². The Morgan fingerprint density at radius 1 is 1.04 bits per heavy atom. The Morgan fingerprint density at radius 2 is 1.62 bits per heavy atom. The second kappa shape index (κ2) is 8.19. The summed E-state index contributed by atoms with van der Waals surface area (Å²) in [6.45, 7) is 0. The number of hydrogen-bond acceptors (Lipinski definition) is 5. The Balaban J connectivity index is 1.69. The summed E-state index contributed by atoms with van der Waals surface area (Å²) in [5.41, 5.74) is 3.04. The second-order valence-electron chi connectivity index (χ2n) is 5.35. The molecule has 1 amide bonds. The largest absolute Gasteiger partial charge is 0.497 e. The van der Waals surface area contributed by atoms with Gasteiger partial charge >= 0.3 is 0 Å². The molecule has 0 bridgehead atoms. The van der Waals surface area contributed by atoms with E-state index >= 15 is 0 Å². The molecule has 1 saturated heterocycles. The van der Waals surface area contributed by atoms with Gasteiger partial charge in [-0.1, -0.05) is 48.6 Å². The number of ether oxygens (including phenoxy) is 1. The van der Waals surface area contributed by atoms with Crippen molar-refractivity contribution in [3.63, 3.8) is 0 Å². The van der Waals surface area contributed by atoms with Crippen molar-refractivity contribution in [3.05, 3.63) is 70.1 Å². The van der Waals surface area contributed by atoms with Gasteiger partial charge in [-0.25, -0.2) is 0 Å². The Hall–Kier alpha value is -3.30. The summed E-state index contributed by atoms with van der Waals surface area (Å²) in [5, 5.41) is 11.4. The predicted octanol–water partition coefficient (Wildman–Crippen LogP) is 3.91. The average molecular weight is 361 g/mol. The van der Waals surface area contributed by atoms with Gasteiger partial charge in [0.15, 0.2) is 5.17 Å². The summed E-state index contributed by atoms with van der Waals surface area (Å²) in [5.74, 6) is 0.587. The highest BCUT2D eigenvalue weighted by atomic mass is 32.2. The summed E-state index contributed by atoms with van der Waals surface area (Å²) < 4.78 is 5.14. The molecule has 0 saturated carbocycles. The number of nitrogens with one attached hydrogen (secondary N) is 1. The van der Waals surface area contributed by atoms with Crippen LogP contribution >= 0.6 is 11.8 Å². The summed E-state index contributed by atoms with van der Waals surface area (Å²) in [4.78, 5) is 15.9. The van der Waals surface area contributed by atoms with Crippen molar-refractivity contribution >= 4 is 41.1 Å². The minimum absolute atomic E-state index is 0.243. The highest BCUT2D eigenvalue weighted by Crippen LogP contribution is 2.26. The first-order valence-corrected chi connectivity index (χ1v) is 8.59. The molecule has 0 radical (unpaired) electrons. The van der Waals surface area contributed by atoms with Gasteiger partial charge in [0, 0.05) is 0 Å². The van der Waals surface area contributed by atoms with E-state index in [-0.39, 0.29) is 5.91 Å². The summed E-state index contributed by atoms with van der Waals surface area (Å²) in [7, 11) is 1.65. The van der Waals surface area contributed by atoms with E-state index < -0.39 is 0 Å². The van der Waals surface area contributed by atoms with Gasteiger partial charge in [-0.2, -0.15) is 5.26 Å². The Labute approximate surface area is 155 Å². The van der Waals surface area contributed by atoms with E-state index in [9.17, 15) is 4.79 Å². The number of carbonyl (C=O) groups excluding carboxylic acids is 1. The zero-order valence-electron chi connectivity index (χ0n) is 14.0. The minimum Gasteiger partial charge on any atom is -0.497 e. The lowest BCUT2D eigenvalue weighted by atomic mass is 10.1. The van der Waals surface area contributed by atoms with Gasteiger partial charge in [0.25, 0.3) is 5.91 Å². The number of carbonyl (C=O) groups is 1. The highest BCUT2D eigenvalue weighted by Gasteiger charge is 2.23. The number of methoxy groups -OCH3 is 1. The van der Waals surface area contributed by atoms with E-state index in [1.807, 2.05) is 60.7 Å². The first-order chi connectivity index (χ1) is 12.7. The number of amides is 1. The van der Waals surface area contributed by atoms with Crippen LogP contribution in [-0.2, 0) is 4.79 Å². The summed E-state index contributed by atoms with van der Waals surface area (Å²) in [6.07, 6.45) is 7.49. The molecule has 0 aliphatic carbocycles. The van der Waals surface area contributed by atoms with Crippen LogP contribution in [0.25, 0.3) is 18.2 Å².